The lowest BCUT2D eigenvalue weighted by Crippen LogP contribution is -2.56. The zero-order chi connectivity index (χ0) is 10.1. The molecule has 0 aromatic heterocycles. The first-order valence-corrected chi connectivity index (χ1v) is 5.55. The van der Waals surface area contributed by atoms with Gasteiger partial charge < -0.3 is 4.90 Å². The summed E-state index contributed by atoms with van der Waals surface area (Å²) in [5.41, 5.74) is 0. The maximum Gasteiger partial charge on any atom is 0.0638 e. The van der Waals surface area contributed by atoms with Crippen LogP contribution in [0.4, 0.5) is 0 Å². The van der Waals surface area contributed by atoms with Crippen LogP contribution in [-0.2, 0) is 0 Å². The van der Waals surface area contributed by atoms with Crippen molar-refractivity contribution in [3.05, 3.63) is 0 Å². The summed E-state index contributed by atoms with van der Waals surface area (Å²) in [4.78, 5) is 4.94. The van der Waals surface area contributed by atoms with E-state index < -0.39 is 0 Å². The Kier molecular flexibility index (Phi) is 2.76. The van der Waals surface area contributed by atoms with Gasteiger partial charge in [0, 0.05) is 31.2 Å². The van der Waals surface area contributed by atoms with Crippen LogP contribution in [0.25, 0.3) is 0 Å². The van der Waals surface area contributed by atoms with Gasteiger partial charge in [0.1, 0.15) is 0 Å². The average molecular weight is 193 g/mol. The SMILES string of the molecule is CC1CN(C2CC2)C(CC#N)CN1C. The molecule has 1 saturated carbocycles. The summed E-state index contributed by atoms with van der Waals surface area (Å²) in [6.07, 6.45) is 3.38. The molecule has 2 fully saturated rings. The third kappa shape index (κ3) is 1.92. The molecule has 3 heteroatoms. The maximum absolute atomic E-state index is 8.80. The largest absolute Gasteiger partial charge is 0.301 e. The quantitative estimate of drug-likeness (QED) is 0.657. The van der Waals surface area contributed by atoms with E-state index in [0.29, 0.717) is 18.5 Å². The van der Waals surface area contributed by atoms with Crippen LogP contribution in [0.5, 0.6) is 0 Å². The first kappa shape index (κ1) is 9.95. The molecule has 2 rings (SSSR count). The summed E-state index contributed by atoms with van der Waals surface area (Å²) in [5, 5.41) is 8.80. The molecule has 1 aliphatic carbocycles. The Morgan fingerprint density at radius 3 is 2.64 bits per heavy atom. The Hall–Kier alpha value is -0.590. The van der Waals surface area contributed by atoms with Crippen LogP contribution in [0.15, 0.2) is 0 Å². The molecule has 14 heavy (non-hydrogen) atoms. The van der Waals surface area contributed by atoms with Gasteiger partial charge in [-0.25, -0.2) is 0 Å². The number of likely N-dealkylation sites (N-methyl/N-ethyl adjacent to an activating group) is 1. The van der Waals surface area contributed by atoms with Crippen molar-refractivity contribution in [3.8, 4) is 6.07 Å². The van der Waals surface area contributed by atoms with E-state index in [-0.39, 0.29) is 0 Å². The van der Waals surface area contributed by atoms with E-state index in [1.807, 2.05) is 0 Å². The van der Waals surface area contributed by atoms with Crippen LogP contribution >= 0.6 is 0 Å². The molecule has 0 aromatic rings. The Labute approximate surface area is 86.3 Å². The fraction of sp³-hybridized carbons (Fsp3) is 0.909. The van der Waals surface area contributed by atoms with Crippen LogP contribution in [0, 0.1) is 11.3 Å². The molecule has 0 amide bonds. The molecule has 0 radical (unpaired) electrons. The highest BCUT2D eigenvalue weighted by Gasteiger charge is 2.38. The summed E-state index contributed by atoms with van der Waals surface area (Å²) in [7, 11) is 2.17. The van der Waals surface area contributed by atoms with Crippen molar-refractivity contribution >= 4 is 0 Å². The van der Waals surface area contributed by atoms with Crippen molar-refractivity contribution in [1.29, 1.82) is 5.26 Å². The van der Waals surface area contributed by atoms with E-state index in [9.17, 15) is 0 Å². The molecule has 3 nitrogen and oxygen atoms in total. The Morgan fingerprint density at radius 1 is 1.36 bits per heavy atom. The summed E-state index contributed by atoms with van der Waals surface area (Å²) in [6, 6.07) is 4.24. The first-order valence-electron chi connectivity index (χ1n) is 5.55. The summed E-state index contributed by atoms with van der Waals surface area (Å²) in [6.45, 7) is 4.48. The topological polar surface area (TPSA) is 30.3 Å². The van der Waals surface area contributed by atoms with Gasteiger partial charge in [0.2, 0.25) is 0 Å². The predicted octanol–water partition coefficient (Wildman–Crippen LogP) is 1.07. The van der Waals surface area contributed by atoms with Crippen molar-refractivity contribution in [2.45, 2.75) is 44.3 Å². The van der Waals surface area contributed by atoms with Gasteiger partial charge in [-0.15, -0.1) is 0 Å². The number of nitriles is 1. The molecule has 0 aromatic carbocycles. The minimum atomic E-state index is 0.480. The van der Waals surface area contributed by atoms with E-state index in [4.69, 9.17) is 5.26 Å². The molecule has 2 aliphatic rings. The molecule has 0 N–H and O–H groups in total. The smallest absolute Gasteiger partial charge is 0.0638 e. The second kappa shape index (κ2) is 3.88. The van der Waals surface area contributed by atoms with Crippen LogP contribution < -0.4 is 0 Å². The lowest BCUT2D eigenvalue weighted by atomic mass is 10.1. The number of rotatable bonds is 2. The van der Waals surface area contributed by atoms with Crippen LogP contribution in [0.1, 0.15) is 26.2 Å². The average Bonchev–Trinajstić information content (AvgIpc) is 2.94. The molecule has 2 unspecified atom stereocenters. The zero-order valence-electron chi connectivity index (χ0n) is 9.11. The van der Waals surface area contributed by atoms with Crippen molar-refractivity contribution in [2.24, 2.45) is 0 Å². The van der Waals surface area contributed by atoms with Gasteiger partial charge in [-0.2, -0.15) is 5.26 Å². The second-order valence-corrected chi connectivity index (χ2v) is 4.73. The van der Waals surface area contributed by atoms with Crippen molar-refractivity contribution < 1.29 is 0 Å². The number of hydrogen-bond acceptors (Lipinski definition) is 3. The van der Waals surface area contributed by atoms with Gasteiger partial charge in [0.15, 0.2) is 0 Å². The van der Waals surface area contributed by atoms with Crippen molar-refractivity contribution in [3.63, 3.8) is 0 Å². The first-order chi connectivity index (χ1) is 6.72. The predicted molar refractivity (Wildman–Crippen MR) is 55.8 cm³/mol. The van der Waals surface area contributed by atoms with E-state index in [2.05, 4.69) is 29.8 Å². The Morgan fingerprint density at radius 2 is 2.07 bits per heavy atom. The van der Waals surface area contributed by atoms with Crippen LogP contribution in [0.3, 0.4) is 0 Å². The molecular formula is C11H19N3. The lowest BCUT2D eigenvalue weighted by molar-refractivity contribution is 0.0477. The minimum Gasteiger partial charge on any atom is -0.301 e. The molecule has 2 atom stereocenters. The van der Waals surface area contributed by atoms with Gasteiger partial charge in [-0.1, -0.05) is 0 Å². The molecule has 1 heterocycles. The monoisotopic (exact) mass is 193 g/mol. The molecular weight excluding hydrogens is 174 g/mol. The summed E-state index contributed by atoms with van der Waals surface area (Å²) < 4.78 is 0. The fourth-order valence-corrected chi connectivity index (χ4v) is 2.35. The third-order valence-electron chi connectivity index (χ3n) is 3.54. The Balaban J connectivity index is 2.00. The van der Waals surface area contributed by atoms with E-state index in [1.165, 1.54) is 12.8 Å². The molecule has 0 bridgehead atoms. The van der Waals surface area contributed by atoms with Gasteiger partial charge >= 0.3 is 0 Å². The van der Waals surface area contributed by atoms with Gasteiger partial charge in [0.05, 0.1) is 12.5 Å². The van der Waals surface area contributed by atoms with Crippen LogP contribution in [0.2, 0.25) is 0 Å². The number of nitrogens with zero attached hydrogens (tertiary/aromatic N) is 3. The zero-order valence-corrected chi connectivity index (χ0v) is 9.11. The molecule has 1 aliphatic heterocycles. The molecule has 78 valence electrons. The maximum atomic E-state index is 8.80. The third-order valence-corrected chi connectivity index (χ3v) is 3.54. The van der Waals surface area contributed by atoms with Gasteiger partial charge in [0.25, 0.3) is 0 Å². The highest BCUT2D eigenvalue weighted by Crippen LogP contribution is 2.32. The summed E-state index contributed by atoms with van der Waals surface area (Å²) in [5.74, 6) is 0. The minimum absolute atomic E-state index is 0.480. The van der Waals surface area contributed by atoms with E-state index >= 15 is 0 Å². The van der Waals surface area contributed by atoms with Gasteiger partial charge in [-0.3, -0.25) is 4.90 Å². The van der Waals surface area contributed by atoms with Gasteiger partial charge in [-0.05, 0) is 26.8 Å². The standard InChI is InChI=1S/C11H19N3/c1-9-7-14(10-3-4-10)11(5-6-12)8-13(9)2/h9-11H,3-5,7-8H2,1-2H3. The number of piperazine rings is 1. The fourth-order valence-electron chi connectivity index (χ4n) is 2.35. The van der Waals surface area contributed by atoms with Crippen LogP contribution in [-0.4, -0.2) is 48.1 Å². The van der Waals surface area contributed by atoms with E-state index in [1.54, 1.807) is 0 Å². The number of hydrogen-bond donors (Lipinski definition) is 0. The van der Waals surface area contributed by atoms with Crippen molar-refractivity contribution in [2.75, 3.05) is 20.1 Å². The highest BCUT2D eigenvalue weighted by molar-refractivity contribution is 4.97. The lowest BCUT2D eigenvalue weighted by Gasteiger charge is -2.43. The second-order valence-electron chi connectivity index (χ2n) is 4.73. The van der Waals surface area contributed by atoms with Crippen molar-refractivity contribution in [1.82, 2.24) is 9.80 Å². The molecule has 0 spiro atoms. The normalized spacial score (nSPS) is 35.5. The Bertz CT molecular complexity index is 241. The van der Waals surface area contributed by atoms with E-state index in [0.717, 1.165) is 19.1 Å². The summed E-state index contributed by atoms with van der Waals surface area (Å²) >= 11 is 0. The highest BCUT2D eigenvalue weighted by atomic mass is 15.3. The molecule has 1 saturated heterocycles.